The normalized spacial score (nSPS) is 9.57. The molecule has 2 nitrogen and oxygen atoms in total. The molecular weight excluding hydrogens is 357 g/mol. The maximum Gasteiger partial charge on any atom is 0.173 e. The number of hydrogen-bond donors (Lipinski definition) is 0. The molecule has 0 saturated heterocycles. The number of benzene rings is 1. The first-order valence-electron chi connectivity index (χ1n) is 3.89. The number of Topliss-reactive ketones (excluding diaryl/α,β-unsaturated/α-hetero) is 1. The van der Waals surface area contributed by atoms with Gasteiger partial charge in [0.15, 0.2) is 5.78 Å². The SMILES string of the molecule is Cc1cc(C(=O)CBr)cc(I)c1C#N. The van der Waals surface area contributed by atoms with Crippen LogP contribution < -0.4 is 0 Å². The van der Waals surface area contributed by atoms with Crippen molar-refractivity contribution in [2.45, 2.75) is 6.92 Å². The lowest BCUT2D eigenvalue weighted by Gasteiger charge is -2.03. The van der Waals surface area contributed by atoms with Crippen molar-refractivity contribution in [3.8, 4) is 6.07 Å². The van der Waals surface area contributed by atoms with Crippen LogP contribution in [0.2, 0.25) is 0 Å². The smallest absolute Gasteiger partial charge is 0.173 e. The maximum atomic E-state index is 11.4. The molecule has 0 unspecified atom stereocenters. The number of halogens is 2. The Kier molecular flexibility index (Phi) is 4.08. The highest BCUT2D eigenvalue weighted by Crippen LogP contribution is 2.19. The number of aryl methyl sites for hydroxylation is 1. The maximum absolute atomic E-state index is 11.4. The van der Waals surface area contributed by atoms with Crippen LogP contribution in [0, 0.1) is 21.8 Å². The zero-order valence-electron chi connectivity index (χ0n) is 7.47. The third kappa shape index (κ3) is 2.34. The second-order valence-corrected chi connectivity index (χ2v) is 4.54. The van der Waals surface area contributed by atoms with Gasteiger partial charge in [-0.05, 0) is 47.2 Å². The molecule has 0 N–H and O–H groups in total. The molecule has 0 atom stereocenters. The predicted octanol–water partition coefficient (Wildman–Crippen LogP) is 3.05. The van der Waals surface area contributed by atoms with Crippen molar-refractivity contribution in [3.63, 3.8) is 0 Å². The van der Waals surface area contributed by atoms with E-state index in [2.05, 4.69) is 44.6 Å². The van der Waals surface area contributed by atoms with Crippen LogP contribution in [0.25, 0.3) is 0 Å². The number of nitriles is 1. The largest absolute Gasteiger partial charge is 0.293 e. The van der Waals surface area contributed by atoms with Crippen LogP contribution in [-0.2, 0) is 0 Å². The van der Waals surface area contributed by atoms with Crippen LogP contribution in [0.1, 0.15) is 21.5 Å². The fourth-order valence-electron chi connectivity index (χ4n) is 1.12. The van der Waals surface area contributed by atoms with Gasteiger partial charge in [-0.25, -0.2) is 0 Å². The number of alkyl halides is 1. The van der Waals surface area contributed by atoms with Gasteiger partial charge in [-0.2, -0.15) is 5.26 Å². The number of nitrogens with zero attached hydrogens (tertiary/aromatic N) is 1. The third-order valence-corrected chi connectivity index (χ3v) is 3.20. The first-order valence-corrected chi connectivity index (χ1v) is 6.09. The summed E-state index contributed by atoms with van der Waals surface area (Å²) in [4.78, 5) is 11.4. The average molecular weight is 364 g/mol. The molecule has 4 heteroatoms. The molecule has 0 bridgehead atoms. The lowest BCUT2D eigenvalue weighted by molar-refractivity contribution is 0.102. The summed E-state index contributed by atoms with van der Waals surface area (Å²) in [5, 5.41) is 9.15. The number of carbonyl (C=O) groups excluding carboxylic acids is 1. The first kappa shape index (κ1) is 11.7. The molecule has 0 heterocycles. The van der Waals surface area contributed by atoms with Crippen molar-refractivity contribution in [1.82, 2.24) is 0 Å². The molecule has 1 aromatic rings. The minimum atomic E-state index is 0.0375. The van der Waals surface area contributed by atoms with Gasteiger partial charge in [0.2, 0.25) is 0 Å². The monoisotopic (exact) mass is 363 g/mol. The van der Waals surface area contributed by atoms with E-state index in [4.69, 9.17) is 5.26 Å². The minimum absolute atomic E-state index is 0.0375. The second-order valence-electron chi connectivity index (χ2n) is 2.82. The molecule has 0 saturated carbocycles. The van der Waals surface area contributed by atoms with Gasteiger partial charge in [0.05, 0.1) is 10.9 Å². The molecule has 0 amide bonds. The van der Waals surface area contributed by atoms with Gasteiger partial charge in [0.25, 0.3) is 0 Å². The summed E-state index contributed by atoms with van der Waals surface area (Å²) >= 11 is 5.19. The van der Waals surface area contributed by atoms with Crippen LogP contribution in [0.15, 0.2) is 12.1 Å². The second kappa shape index (κ2) is 4.89. The van der Waals surface area contributed by atoms with Crippen molar-refractivity contribution in [3.05, 3.63) is 32.4 Å². The molecule has 0 fully saturated rings. The Bertz CT molecular complexity index is 400. The van der Waals surface area contributed by atoms with Gasteiger partial charge >= 0.3 is 0 Å². The lowest BCUT2D eigenvalue weighted by atomic mass is 10.0. The minimum Gasteiger partial charge on any atom is -0.293 e. The molecule has 0 aliphatic rings. The highest BCUT2D eigenvalue weighted by molar-refractivity contribution is 14.1. The van der Waals surface area contributed by atoms with E-state index in [0.29, 0.717) is 16.5 Å². The molecule has 14 heavy (non-hydrogen) atoms. The fraction of sp³-hybridized carbons (Fsp3) is 0.200. The van der Waals surface area contributed by atoms with Gasteiger partial charge in [-0.3, -0.25) is 4.79 Å². The van der Waals surface area contributed by atoms with Crippen molar-refractivity contribution in [2.75, 3.05) is 5.33 Å². The number of ketones is 1. The Morgan fingerprint density at radius 1 is 1.64 bits per heavy atom. The summed E-state index contributed by atoms with van der Waals surface area (Å²) < 4.78 is 0.828. The van der Waals surface area contributed by atoms with E-state index in [-0.39, 0.29) is 5.78 Å². The van der Waals surface area contributed by atoms with E-state index in [9.17, 15) is 4.79 Å². The summed E-state index contributed by atoms with van der Waals surface area (Å²) in [6.45, 7) is 1.84. The van der Waals surface area contributed by atoms with Crippen molar-refractivity contribution in [2.24, 2.45) is 0 Å². The van der Waals surface area contributed by atoms with Crippen molar-refractivity contribution < 1.29 is 4.79 Å². The average Bonchev–Trinajstić information content (AvgIpc) is 2.16. The quantitative estimate of drug-likeness (QED) is 0.460. The zero-order valence-corrected chi connectivity index (χ0v) is 11.2. The van der Waals surface area contributed by atoms with E-state index in [0.717, 1.165) is 9.13 Å². The summed E-state index contributed by atoms with van der Waals surface area (Å²) in [5.74, 6) is 0.0375. The van der Waals surface area contributed by atoms with Gasteiger partial charge in [0.1, 0.15) is 6.07 Å². The Hall–Kier alpha value is -0.410. The van der Waals surface area contributed by atoms with E-state index in [1.807, 2.05) is 6.92 Å². The summed E-state index contributed by atoms with van der Waals surface area (Å²) in [6.07, 6.45) is 0. The van der Waals surface area contributed by atoms with Crippen LogP contribution in [0.5, 0.6) is 0 Å². The summed E-state index contributed by atoms with van der Waals surface area (Å²) in [7, 11) is 0. The Balaban J connectivity index is 3.29. The lowest BCUT2D eigenvalue weighted by Crippen LogP contribution is -2.02. The van der Waals surface area contributed by atoms with Crippen LogP contribution in [-0.4, -0.2) is 11.1 Å². The molecule has 0 radical (unpaired) electrons. The van der Waals surface area contributed by atoms with E-state index in [1.54, 1.807) is 12.1 Å². The Labute approximate surface area is 105 Å². The van der Waals surface area contributed by atoms with Gasteiger partial charge < -0.3 is 0 Å². The standard InChI is InChI=1S/C10H7BrINO/c1-6-2-7(10(14)4-11)3-9(12)8(6)5-13/h2-3H,4H2,1H3. The summed E-state index contributed by atoms with van der Waals surface area (Å²) in [5.41, 5.74) is 2.16. The Morgan fingerprint density at radius 3 is 2.71 bits per heavy atom. The molecule has 1 aromatic carbocycles. The molecule has 1 rings (SSSR count). The van der Waals surface area contributed by atoms with Gasteiger partial charge in [0, 0.05) is 9.13 Å². The van der Waals surface area contributed by atoms with Crippen LogP contribution in [0.3, 0.4) is 0 Å². The molecule has 72 valence electrons. The molecule has 0 aliphatic heterocycles. The van der Waals surface area contributed by atoms with Gasteiger partial charge in [-0.1, -0.05) is 15.9 Å². The predicted molar refractivity (Wildman–Crippen MR) is 66.7 cm³/mol. The number of hydrogen-bond acceptors (Lipinski definition) is 2. The third-order valence-electron chi connectivity index (χ3n) is 1.84. The molecule has 0 aromatic heterocycles. The van der Waals surface area contributed by atoms with Crippen LogP contribution >= 0.6 is 38.5 Å². The molecular formula is C10H7BrINO. The van der Waals surface area contributed by atoms with E-state index >= 15 is 0 Å². The number of carbonyl (C=O) groups is 1. The van der Waals surface area contributed by atoms with E-state index < -0.39 is 0 Å². The van der Waals surface area contributed by atoms with Crippen molar-refractivity contribution >= 4 is 44.3 Å². The highest BCUT2D eigenvalue weighted by Gasteiger charge is 2.09. The first-order chi connectivity index (χ1) is 6.60. The Morgan fingerprint density at radius 2 is 2.29 bits per heavy atom. The highest BCUT2D eigenvalue weighted by atomic mass is 127. The summed E-state index contributed by atoms with van der Waals surface area (Å²) in [6, 6.07) is 5.62. The van der Waals surface area contributed by atoms with Gasteiger partial charge in [-0.15, -0.1) is 0 Å². The van der Waals surface area contributed by atoms with E-state index in [1.165, 1.54) is 0 Å². The molecule has 0 aliphatic carbocycles. The molecule has 0 spiro atoms. The number of rotatable bonds is 2. The van der Waals surface area contributed by atoms with Crippen molar-refractivity contribution in [1.29, 1.82) is 5.26 Å². The zero-order chi connectivity index (χ0) is 10.7. The topological polar surface area (TPSA) is 40.9 Å². The fourth-order valence-corrected chi connectivity index (χ4v) is 2.33. The van der Waals surface area contributed by atoms with Crippen LogP contribution in [0.4, 0.5) is 0 Å².